The summed E-state index contributed by atoms with van der Waals surface area (Å²) < 4.78 is 17.9. The van der Waals surface area contributed by atoms with Crippen LogP contribution in [0.1, 0.15) is 16.7 Å². The Hall–Kier alpha value is -5.25. The minimum atomic E-state index is 0.422. The molecule has 0 bridgehead atoms. The summed E-state index contributed by atoms with van der Waals surface area (Å²) in [7, 11) is 0. The first-order valence-electron chi connectivity index (χ1n) is 9.84. The van der Waals surface area contributed by atoms with Gasteiger partial charge >= 0.3 is 0 Å². The zero-order chi connectivity index (χ0) is 23.0. The number of nitriles is 3. The highest BCUT2D eigenvalue weighted by Crippen LogP contribution is 2.35. The second kappa shape index (κ2) is 9.71. The van der Waals surface area contributed by atoms with Crippen LogP contribution in [0, 0.1) is 34.0 Å². The van der Waals surface area contributed by atoms with Crippen molar-refractivity contribution in [3.8, 4) is 52.7 Å². The first kappa shape index (κ1) is 21.0. The first-order chi connectivity index (χ1) is 16.1. The Morgan fingerprint density at radius 2 is 0.697 bits per heavy atom. The number of benzene rings is 4. The molecule has 6 heteroatoms. The van der Waals surface area contributed by atoms with E-state index in [0.717, 1.165) is 0 Å². The maximum atomic E-state index is 9.14. The van der Waals surface area contributed by atoms with Gasteiger partial charge in [0.15, 0.2) is 0 Å². The van der Waals surface area contributed by atoms with E-state index >= 15 is 0 Å². The second-order valence-corrected chi connectivity index (χ2v) is 6.87. The van der Waals surface area contributed by atoms with Crippen LogP contribution in [0.5, 0.6) is 34.5 Å². The molecule has 0 amide bonds. The van der Waals surface area contributed by atoms with Gasteiger partial charge in [-0.05, 0) is 54.6 Å². The van der Waals surface area contributed by atoms with Gasteiger partial charge in [-0.25, -0.2) is 0 Å². The maximum Gasteiger partial charge on any atom is 0.134 e. The largest absolute Gasteiger partial charge is 0.457 e. The molecule has 0 saturated heterocycles. The molecule has 156 valence electrons. The Balaban J connectivity index is 1.69. The zero-order valence-electron chi connectivity index (χ0n) is 17.2. The van der Waals surface area contributed by atoms with Gasteiger partial charge in [-0.1, -0.05) is 18.2 Å². The fourth-order valence-electron chi connectivity index (χ4n) is 3.02. The van der Waals surface area contributed by atoms with Crippen LogP contribution in [-0.2, 0) is 0 Å². The molecule has 0 radical (unpaired) electrons. The third kappa shape index (κ3) is 5.47. The molecular weight excluding hydrogens is 414 g/mol. The van der Waals surface area contributed by atoms with E-state index in [1.54, 1.807) is 91.0 Å². The standard InChI is InChI=1S/C27H15N3O3/c28-16-19-4-1-7-22(10-19)31-25-13-26(32-23-8-2-5-20(11-23)17-29)15-27(14-25)33-24-9-3-6-21(12-24)18-30/h1-15H. The minimum Gasteiger partial charge on any atom is -0.457 e. The molecular formula is C27H15N3O3. The van der Waals surface area contributed by atoms with Gasteiger partial charge in [-0.2, -0.15) is 15.8 Å². The van der Waals surface area contributed by atoms with Gasteiger partial charge in [0.25, 0.3) is 0 Å². The summed E-state index contributed by atoms with van der Waals surface area (Å²) in [5.41, 5.74) is 1.41. The Morgan fingerprint density at radius 1 is 0.394 bits per heavy atom. The first-order valence-corrected chi connectivity index (χ1v) is 9.84. The molecule has 0 saturated carbocycles. The number of hydrogen-bond acceptors (Lipinski definition) is 6. The van der Waals surface area contributed by atoms with Crippen LogP contribution >= 0.6 is 0 Å². The molecule has 0 heterocycles. The monoisotopic (exact) mass is 429 g/mol. The molecule has 0 atom stereocenters. The molecule has 0 aliphatic rings. The summed E-state index contributed by atoms with van der Waals surface area (Å²) in [6.45, 7) is 0. The van der Waals surface area contributed by atoms with Crippen LogP contribution in [-0.4, -0.2) is 0 Å². The highest BCUT2D eigenvalue weighted by molar-refractivity contribution is 5.49. The Labute approximate surface area is 190 Å². The molecule has 6 nitrogen and oxygen atoms in total. The van der Waals surface area contributed by atoms with E-state index < -0.39 is 0 Å². The quantitative estimate of drug-likeness (QED) is 0.339. The Bertz CT molecular complexity index is 1250. The predicted octanol–water partition coefficient (Wildman–Crippen LogP) is 6.68. The van der Waals surface area contributed by atoms with Crippen molar-refractivity contribution in [1.82, 2.24) is 0 Å². The topological polar surface area (TPSA) is 99.1 Å². The highest BCUT2D eigenvalue weighted by atomic mass is 16.5. The van der Waals surface area contributed by atoms with Crippen LogP contribution in [0.2, 0.25) is 0 Å². The fraction of sp³-hybridized carbons (Fsp3) is 0. The third-order valence-corrected chi connectivity index (χ3v) is 4.45. The average molecular weight is 429 g/mol. The van der Waals surface area contributed by atoms with E-state index in [9.17, 15) is 0 Å². The van der Waals surface area contributed by atoms with Gasteiger partial charge in [-0.15, -0.1) is 0 Å². The van der Waals surface area contributed by atoms with Crippen molar-refractivity contribution in [3.05, 3.63) is 108 Å². The van der Waals surface area contributed by atoms with Crippen LogP contribution in [0.4, 0.5) is 0 Å². The van der Waals surface area contributed by atoms with E-state index in [0.29, 0.717) is 51.2 Å². The number of nitrogens with zero attached hydrogens (tertiary/aromatic N) is 3. The summed E-state index contributed by atoms with van der Waals surface area (Å²) in [5, 5.41) is 27.4. The van der Waals surface area contributed by atoms with Gasteiger partial charge in [0.2, 0.25) is 0 Å². The molecule has 0 spiro atoms. The maximum absolute atomic E-state index is 9.14. The van der Waals surface area contributed by atoms with Crippen molar-refractivity contribution < 1.29 is 14.2 Å². The molecule has 0 unspecified atom stereocenters. The highest BCUT2D eigenvalue weighted by Gasteiger charge is 2.09. The lowest BCUT2D eigenvalue weighted by Crippen LogP contribution is -1.92. The van der Waals surface area contributed by atoms with E-state index in [4.69, 9.17) is 30.0 Å². The van der Waals surface area contributed by atoms with Crippen molar-refractivity contribution >= 4 is 0 Å². The minimum absolute atomic E-state index is 0.422. The summed E-state index contributed by atoms with van der Waals surface area (Å²) in [4.78, 5) is 0. The lowest BCUT2D eigenvalue weighted by atomic mass is 10.2. The lowest BCUT2D eigenvalue weighted by Gasteiger charge is -2.13. The van der Waals surface area contributed by atoms with E-state index in [2.05, 4.69) is 18.2 Å². The van der Waals surface area contributed by atoms with Crippen LogP contribution in [0.15, 0.2) is 91.0 Å². The fourth-order valence-corrected chi connectivity index (χ4v) is 3.02. The van der Waals surface area contributed by atoms with Crippen molar-refractivity contribution in [3.63, 3.8) is 0 Å². The average Bonchev–Trinajstić information content (AvgIpc) is 2.84. The molecule has 0 aliphatic carbocycles. The number of hydrogen-bond donors (Lipinski definition) is 0. The molecule has 4 rings (SSSR count). The Kier molecular flexibility index (Phi) is 6.18. The van der Waals surface area contributed by atoms with Gasteiger partial charge in [0, 0.05) is 18.2 Å². The molecule has 0 N–H and O–H groups in total. The van der Waals surface area contributed by atoms with Crippen LogP contribution < -0.4 is 14.2 Å². The Morgan fingerprint density at radius 3 is 0.970 bits per heavy atom. The van der Waals surface area contributed by atoms with E-state index in [1.807, 2.05) is 0 Å². The van der Waals surface area contributed by atoms with Gasteiger partial charge in [0.05, 0.1) is 34.9 Å². The van der Waals surface area contributed by atoms with Crippen molar-refractivity contribution in [2.45, 2.75) is 0 Å². The molecule has 0 fully saturated rings. The second-order valence-electron chi connectivity index (χ2n) is 6.87. The molecule has 33 heavy (non-hydrogen) atoms. The van der Waals surface area contributed by atoms with Crippen molar-refractivity contribution in [2.75, 3.05) is 0 Å². The lowest BCUT2D eigenvalue weighted by molar-refractivity contribution is 0.439. The SMILES string of the molecule is N#Cc1cccc(Oc2cc(Oc3cccc(C#N)c3)cc(Oc3cccc(C#N)c3)c2)c1. The summed E-state index contributed by atoms with van der Waals surface area (Å²) in [5.74, 6) is 2.71. The molecule has 4 aromatic rings. The van der Waals surface area contributed by atoms with E-state index in [-0.39, 0.29) is 0 Å². The van der Waals surface area contributed by atoms with Gasteiger partial charge < -0.3 is 14.2 Å². The van der Waals surface area contributed by atoms with Crippen LogP contribution in [0.3, 0.4) is 0 Å². The summed E-state index contributed by atoms with van der Waals surface area (Å²) in [6.07, 6.45) is 0. The smallest absolute Gasteiger partial charge is 0.134 e. The van der Waals surface area contributed by atoms with E-state index in [1.165, 1.54) is 0 Å². The molecule has 0 aromatic heterocycles. The number of rotatable bonds is 6. The predicted molar refractivity (Wildman–Crippen MR) is 120 cm³/mol. The van der Waals surface area contributed by atoms with Crippen molar-refractivity contribution in [2.24, 2.45) is 0 Å². The molecule has 4 aromatic carbocycles. The number of ether oxygens (including phenoxy) is 3. The molecule has 0 aliphatic heterocycles. The van der Waals surface area contributed by atoms with Gasteiger partial charge in [-0.3, -0.25) is 0 Å². The van der Waals surface area contributed by atoms with Gasteiger partial charge in [0.1, 0.15) is 34.5 Å². The summed E-state index contributed by atoms with van der Waals surface area (Å²) in [6, 6.07) is 31.6. The third-order valence-electron chi connectivity index (χ3n) is 4.45. The summed E-state index contributed by atoms with van der Waals surface area (Å²) >= 11 is 0. The van der Waals surface area contributed by atoms with Crippen LogP contribution in [0.25, 0.3) is 0 Å². The van der Waals surface area contributed by atoms with Crippen molar-refractivity contribution in [1.29, 1.82) is 15.8 Å². The zero-order valence-corrected chi connectivity index (χ0v) is 17.2. The normalized spacial score (nSPS) is 9.73.